The number of urea groups is 1. The Morgan fingerprint density at radius 1 is 0.967 bits per heavy atom. The fourth-order valence-electron chi connectivity index (χ4n) is 3.36. The molecule has 0 heterocycles. The van der Waals surface area contributed by atoms with E-state index in [4.69, 9.17) is 0 Å². The average Bonchev–Trinajstić information content (AvgIpc) is 2.72. The van der Waals surface area contributed by atoms with Gasteiger partial charge in [-0.25, -0.2) is 9.18 Å². The Labute approximate surface area is 175 Å². The Balaban J connectivity index is 1.64. The normalized spacial score (nSPS) is 11.9. The second-order valence-electron chi connectivity index (χ2n) is 7.65. The number of carbonyl (C=O) groups excluding carboxylic acids is 2. The molecule has 156 valence electrons. The Bertz CT molecular complexity index is 1030. The molecule has 3 aromatic rings. The van der Waals surface area contributed by atoms with E-state index in [2.05, 4.69) is 10.6 Å². The monoisotopic (exact) mass is 407 g/mol. The first-order valence-corrected chi connectivity index (χ1v) is 9.90. The molecule has 0 saturated heterocycles. The Morgan fingerprint density at radius 2 is 1.63 bits per heavy atom. The van der Waals surface area contributed by atoms with Gasteiger partial charge in [-0.3, -0.25) is 4.79 Å². The highest BCUT2D eigenvalue weighted by atomic mass is 19.1. The largest absolute Gasteiger partial charge is 0.331 e. The van der Waals surface area contributed by atoms with Crippen LogP contribution in [0.25, 0.3) is 10.8 Å². The van der Waals surface area contributed by atoms with E-state index in [0.29, 0.717) is 5.69 Å². The SMILES string of the molecule is CC(C)[C@@H](NC(=O)N(C)CC(=O)Nc1cccc2ccccc12)c1ccc(F)cc1. The number of hydrogen-bond acceptors (Lipinski definition) is 2. The Morgan fingerprint density at radius 3 is 2.33 bits per heavy atom. The maximum absolute atomic E-state index is 13.2. The third-order valence-electron chi connectivity index (χ3n) is 4.97. The summed E-state index contributed by atoms with van der Waals surface area (Å²) in [6.07, 6.45) is 0. The quantitative estimate of drug-likeness (QED) is 0.607. The number of anilines is 1. The average molecular weight is 407 g/mol. The van der Waals surface area contributed by atoms with Gasteiger partial charge >= 0.3 is 6.03 Å². The molecule has 0 unspecified atom stereocenters. The van der Waals surface area contributed by atoms with Crippen LogP contribution in [0.2, 0.25) is 0 Å². The molecule has 0 aliphatic carbocycles. The van der Waals surface area contributed by atoms with Gasteiger partial charge in [0, 0.05) is 18.1 Å². The lowest BCUT2D eigenvalue weighted by Crippen LogP contribution is -2.44. The van der Waals surface area contributed by atoms with Gasteiger partial charge in [-0.2, -0.15) is 0 Å². The maximum Gasteiger partial charge on any atom is 0.318 e. The van der Waals surface area contributed by atoms with E-state index >= 15 is 0 Å². The predicted octanol–water partition coefficient (Wildman–Crippen LogP) is 4.96. The third-order valence-corrected chi connectivity index (χ3v) is 4.97. The second-order valence-corrected chi connectivity index (χ2v) is 7.65. The summed E-state index contributed by atoms with van der Waals surface area (Å²) in [5, 5.41) is 7.79. The van der Waals surface area contributed by atoms with Crippen LogP contribution in [0.5, 0.6) is 0 Å². The molecule has 6 heteroatoms. The topological polar surface area (TPSA) is 61.4 Å². The van der Waals surface area contributed by atoms with Crippen LogP contribution in [0.4, 0.5) is 14.9 Å². The molecule has 0 fully saturated rings. The van der Waals surface area contributed by atoms with Crippen molar-refractivity contribution in [1.29, 1.82) is 0 Å². The van der Waals surface area contributed by atoms with Crippen molar-refractivity contribution in [2.24, 2.45) is 5.92 Å². The minimum atomic E-state index is -0.369. The smallest absolute Gasteiger partial charge is 0.318 e. The molecule has 0 aromatic heterocycles. The Kier molecular flexibility index (Phi) is 6.67. The molecule has 0 spiro atoms. The zero-order valence-corrected chi connectivity index (χ0v) is 17.4. The van der Waals surface area contributed by atoms with Crippen LogP contribution in [0.15, 0.2) is 66.7 Å². The van der Waals surface area contributed by atoms with Gasteiger partial charge in [-0.05, 0) is 35.1 Å². The number of likely N-dealkylation sites (N-methyl/N-ethyl adjacent to an activating group) is 1. The van der Waals surface area contributed by atoms with E-state index < -0.39 is 0 Å². The molecule has 0 aliphatic heterocycles. The van der Waals surface area contributed by atoms with E-state index in [9.17, 15) is 14.0 Å². The summed E-state index contributed by atoms with van der Waals surface area (Å²) in [4.78, 5) is 26.5. The lowest BCUT2D eigenvalue weighted by Gasteiger charge is -2.26. The molecular formula is C24H26FN3O2. The van der Waals surface area contributed by atoms with Crippen molar-refractivity contribution in [1.82, 2.24) is 10.2 Å². The van der Waals surface area contributed by atoms with Crippen LogP contribution in [0.1, 0.15) is 25.5 Å². The van der Waals surface area contributed by atoms with Gasteiger partial charge in [0.15, 0.2) is 0 Å². The number of amides is 3. The molecule has 0 bridgehead atoms. The first kappa shape index (κ1) is 21.3. The van der Waals surface area contributed by atoms with Crippen molar-refractivity contribution in [2.75, 3.05) is 18.9 Å². The molecule has 1 atom stereocenters. The highest BCUT2D eigenvalue weighted by Gasteiger charge is 2.21. The summed E-state index contributed by atoms with van der Waals surface area (Å²) >= 11 is 0. The predicted molar refractivity (Wildman–Crippen MR) is 118 cm³/mol. The molecule has 0 radical (unpaired) electrons. The first-order chi connectivity index (χ1) is 14.3. The minimum absolute atomic E-state index is 0.0940. The van der Waals surface area contributed by atoms with Gasteiger partial charge in [0.2, 0.25) is 5.91 Å². The van der Waals surface area contributed by atoms with E-state index in [0.717, 1.165) is 16.3 Å². The van der Waals surface area contributed by atoms with Crippen LogP contribution < -0.4 is 10.6 Å². The fraction of sp³-hybridized carbons (Fsp3) is 0.250. The standard InChI is InChI=1S/C24H26FN3O2/c1-16(2)23(18-11-13-19(25)14-12-18)27-24(30)28(3)15-22(29)26-21-10-6-8-17-7-4-5-9-20(17)21/h4-14,16,23H,15H2,1-3H3,(H,26,29)(H,27,30)/t23-/m1/s1. The molecule has 0 aliphatic rings. The highest BCUT2D eigenvalue weighted by Crippen LogP contribution is 2.23. The van der Waals surface area contributed by atoms with Crippen LogP contribution >= 0.6 is 0 Å². The van der Waals surface area contributed by atoms with Crippen molar-refractivity contribution in [3.63, 3.8) is 0 Å². The second kappa shape index (κ2) is 9.39. The van der Waals surface area contributed by atoms with Crippen LogP contribution in [0, 0.1) is 11.7 Å². The number of nitrogens with zero attached hydrogens (tertiary/aromatic N) is 1. The van der Waals surface area contributed by atoms with Crippen LogP contribution in [-0.4, -0.2) is 30.4 Å². The minimum Gasteiger partial charge on any atom is -0.331 e. The molecule has 3 amide bonds. The summed E-state index contributed by atoms with van der Waals surface area (Å²) in [5.74, 6) is -0.515. The number of fused-ring (bicyclic) bond motifs is 1. The molecule has 0 saturated carbocycles. The summed E-state index contributed by atoms with van der Waals surface area (Å²) in [7, 11) is 1.57. The number of carbonyl (C=O) groups is 2. The first-order valence-electron chi connectivity index (χ1n) is 9.90. The van der Waals surface area contributed by atoms with Gasteiger partial charge < -0.3 is 15.5 Å². The van der Waals surface area contributed by atoms with Gasteiger partial charge in [-0.15, -0.1) is 0 Å². The molecule has 30 heavy (non-hydrogen) atoms. The molecule has 5 nitrogen and oxygen atoms in total. The highest BCUT2D eigenvalue weighted by molar-refractivity contribution is 6.03. The molecule has 2 N–H and O–H groups in total. The van der Waals surface area contributed by atoms with Crippen molar-refractivity contribution in [3.8, 4) is 0 Å². The van der Waals surface area contributed by atoms with Crippen LogP contribution in [0.3, 0.4) is 0 Å². The summed E-state index contributed by atoms with van der Waals surface area (Å²) in [6.45, 7) is 3.85. The van der Waals surface area contributed by atoms with Gasteiger partial charge in [0.1, 0.15) is 12.4 Å². The van der Waals surface area contributed by atoms with Crippen molar-refractivity contribution in [2.45, 2.75) is 19.9 Å². The molecular weight excluding hydrogens is 381 g/mol. The van der Waals surface area contributed by atoms with Crippen molar-refractivity contribution in [3.05, 3.63) is 78.1 Å². The molecule has 3 rings (SSSR count). The molecule has 3 aromatic carbocycles. The van der Waals surface area contributed by atoms with E-state index in [1.165, 1.54) is 17.0 Å². The van der Waals surface area contributed by atoms with Crippen molar-refractivity contribution >= 4 is 28.4 Å². The lowest BCUT2D eigenvalue weighted by molar-refractivity contribution is -0.116. The number of hydrogen-bond donors (Lipinski definition) is 2. The lowest BCUT2D eigenvalue weighted by atomic mass is 9.96. The summed E-state index contributed by atoms with van der Waals surface area (Å²) in [5.41, 5.74) is 1.52. The van der Waals surface area contributed by atoms with Crippen LogP contribution in [-0.2, 0) is 4.79 Å². The number of nitrogens with one attached hydrogen (secondary N) is 2. The number of benzene rings is 3. The summed E-state index contributed by atoms with van der Waals surface area (Å²) < 4.78 is 13.2. The van der Waals surface area contributed by atoms with Gasteiger partial charge in [-0.1, -0.05) is 62.4 Å². The maximum atomic E-state index is 13.2. The zero-order chi connectivity index (χ0) is 21.7. The van der Waals surface area contributed by atoms with Crippen molar-refractivity contribution < 1.29 is 14.0 Å². The van der Waals surface area contributed by atoms with E-state index in [1.807, 2.05) is 56.3 Å². The fourth-order valence-corrected chi connectivity index (χ4v) is 3.36. The van der Waals surface area contributed by atoms with Gasteiger partial charge in [0.25, 0.3) is 0 Å². The van der Waals surface area contributed by atoms with E-state index in [-0.39, 0.29) is 36.3 Å². The van der Waals surface area contributed by atoms with E-state index in [1.54, 1.807) is 19.2 Å². The number of halogens is 1. The number of rotatable bonds is 6. The third kappa shape index (κ3) is 5.14. The van der Waals surface area contributed by atoms with Gasteiger partial charge in [0.05, 0.1) is 6.04 Å². The zero-order valence-electron chi connectivity index (χ0n) is 17.4. The summed E-state index contributed by atoms with van der Waals surface area (Å²) in [6, 6.07) is 18.9. The Hall–Kier alpha value is -3.41.